The molecule has 0 radical (unpaired) electrons. The van der Waals surface area contributed by atoms with Crippen molar-refractivity contribution in [2.75, 3.05) is 14.2 Å². The Kier molecular flexibility index (Phi) is 4.97. The molecule has 1 unspecified atom stereocenters. The van der Waals surface area contributed by atoms with Gasteiger partial charge in [-0.05, 0) is 0 Å². The van der Waals surface area contributed by atoms with Gasteiger partial charge in [0.15, 0.2) is 0 Å². The first kappa shape index (κ1) is 16.4. The summed E-state index contributed by atoms with van der Waals surface area (Å²) in [7, 11) is -2.64. The van der Waals surface area contributed by atoms with Crippen LogP contribution in [0.1, 0.15) is 6.42 Å². The molecule has 1 atom stereocenters. The van der Waals surface area contributed by atoms with Gasteiger partial charge in [0.05, 0.1) is 0 Å². The Morgan fingerprint density at radius 2 is 1.95 bits per heavy atom. The first-order valence-electron chi connectivity index (χ1n) is 5.21. The zero-order valence-electron chi connectivity index (χ0n) is 10.7. The summed E-state index contributed by atoms with van der Waals surface area (Å²) in [5.41, 5.74) is -0.00183. The Labute approximate surface area is 127 Å². The number of hydrogen-bond donors (Lipinski definition) is 1. The number of allylic oxidation sites excluding steroid dienone is 2. The van der Waals surface area contributed by atoms with Crippen LogP contribution in [0.3, 0.4) is 0 Å². The Balaban J connectivity index is 3.43. The van der Waals surface area contributed by atoms with Crippen molar-refractivity contribution >= 4 is 50.0 Å². The van der Waals surface area contributed by atoms with E-state index in [1.54, 1.807) is 0 Å². The van der Waals surface area contributed by atoms with E-state index >= 15 is 0 Å². The fraction of sp³-hybridized carbons (Fsp3) is 0.400. The summed E-state index contributed by atoms with van der Waals surface area (Å²) in [6, 6.07) is 0. The van der Waals surface area contributed by atoms with E-state index in [1.807, 2.05) is 0 Å². The van der Waals surface area contributed by atoms with Crippen molar-refractivity contribution in [1.82, 2.24) is 0 Å². The molecule has 0 aliphatic heterocycles. The molecule has 19 heavy (non-hydrogen) atoms. The Morgan fingerprint density at radius 1 is 1.37 bits per heavy atom. The summed E-state index contributed by atoms with van der Waals surface area (Å²) in [5, 5.41) is 0. The molecule has 0 spiro atoms. The zero-order valence-corrected chi connectivity index (χ0v) is 13.5. The molecule has 0 aromatic heterocycles. The minimum atomic E-state index is -4.78. The van der Waals surface area contributed by atoms with E-state index in [-0.39, 0.29) is 5.57 Å². The molecule has 0 amide bonds. The quantitative estimate of drug-likeness (QED) is 0.419. The second kappa shape index (κ2) is 5.76. The fourth-order valence-corrected chi connectivity index (χ4v) is 3.92. The molecule has 100 valence electrons. The predicted octanol–water partition coefficient (Wildman–Crippen LogP) is -0.659. The van der Waals surface area contributed by atoms with Crippen molar-refractivity contribution in [1.29, 1.82) is 0 Å². The summed E-state index contributed by atoms with van der Waals surface area (Å²) < 4.78 is 39.6. The number of ether oxygens (including phenoxy) is 2. The molecule has 7 nitrogen and oxygen atoms in total. The van der Waals surface area contributed by atoms with Gasteiger partial charge < -0.3 is 0 Å². The predicted molar refractivity (Wildman–Crippen MR) is 64.8 cm³/mol. The average Bonchev–Trinajstić information content (AvgIpc) is 2.34. The monoisotopic (exact) mass is 298 g/mol. The van der Waals surface area contributed by atoms with Gasteiger partial charge in [0.2, 0.25) is 0 Å². The third-order valence-corrected chi connectivity index (χ3v) is 4.68. The van der Waals surface area contributed by atoms with Gasteiger partial charge in [-0.3, -0.25) is 0 Å². The zero-order chi connectivity index (χ0) is 14.8. The van der Waals surface area contributed by atoms with Crippen LogP contribution in [0.5, 0.6) is 0 Å². The molecular weight excluding hydrogens is 287 g/mol. The molecule has 1 rings (SSSR count). The number of esters is 2. The molecule has 1 N–H and O–H groups in total. The number of rotatable bonds is 3. The summed E-state index contributed by atoms with van der Waals surface area (Å²) in [6.45, 7) is 0. The third kappa shape index (κ3) is 3.09. The summed E-state index contributed by atoms with van der Waals surface area (Å²) in [4.78, 5) is 23.3. The second-order valence-electron chi connectivity index (χ2n) is 4.08. The van der Waals surface area contributed by atoms with Crippen molar-refractivity contribution in [3.05, 3.63) is 20.5 Å². The summed E-state index contributed by atoms with van der Waals surface area (Å²) in [6.07, 6.45) is 2.05. The van der Waals surface area contributed by atoms with E-state index in [4.69, 9.17) is 0 Å². The molecule has 0 saturated carbocycles. The number of methoxy groups -OCH3 is 2. The van der Waals surface area contributed by atoms with Crippen LogP contribution < -0.4 is 0 Å². The SMILES string of the molecule is COC(=O)C1=C[C]([Na])=CC(C(=O)OC)(S(=O)(=O)O)C1. The number of hydrogen-bond acceptors (Lipinski definition) is 6. The maximum atomic E-state index is 11.8. The van der Waals surface area contributed by atoms with Gasteiger partial charge in [0.1, 0.15) is 0 Å². The van der Waals surface area contributed by atoms with Gasteiger partial charge in [0.25, 0.3) is 0 Å². The van der Waals surface area contributed by atoms with Crippen LogP contribution in [-0.2, 0) is 29.2 Å². The molecule has 0 heterocycles. The van der Waals surface area contributed by atoms with Gasteiger partial charge in [-0.1, -0.05) is 0 Å². The van der Waals surface area contributed by atoms with Crippen molar-refractivity contribution in [2.24, 2.45) is 0 Å². The molecule has 9 heteroatoms. The fourth-order valence-electron chi connectivity index (χ4n) is 1.91. The first-order valence-corrected chi connectivity index (χ1v) is 7.65. The van der Waals surface area contributed by atoms with Crippen molar-refractivity contribution in [3.8, 4) is 0 Å². The molecule has 0 saturated heterocycles. The molecule has 0 bridgehead atoms. The van der Waals surface area contributed by atoms with Crippen molar-refractivity contribution in [2.45, 2.75) is 11.2 Å². The summed E-state index contributed by atoms with van der Waals surface area (Å²) >= 11 is 0.384. The molecule has 1 aliphatic rings. The van der Waals surface area contributed by atoms with Crippen molar-refractivity contribution < 1.29 is 32.0 Å². The van der Waals surface area contributed by atoms with Crippen LogP contribution in [-0.4, -0.2) is 71.8 Å². The van der Waals surface area contributed by atoms with Gasteiger partial charge in [-0.15, -0.1) is 0 Å². The van der Waals surface area contributed by atoms with Crippen LogP contribution in [0.25, 0.3) is 0 Å². The second-order valence-corrected chi connectivity index (χ2v) is 6.92. The van der Waals surface area contributed by atoms with E-state index in [1.165, 1.54) is 6.08 Å². The van der Waals surface area contributed by atoms with Crippen LogP contribution in [0.4, 0.5) is 0 Å². The third-order valence-electron chi connectivity index (χ3n) is 2.75. The molecule has 0 aromatic carbocycles. The normalized spacial score (nSPS) is 23.2. The van der Waals surface area contributed by atoms with Gasteiger partial charge in [0, 0.05) is 0 Å². The minimum absolute atomic E-state index is 0.00183. The molecular formula is C10H11NaO7S. The van der Waals surface area contributed by atoms with E-state index in [9.17, 15) is 22.6 Å². The number of carbonyl (C=O) groups excluding carboxylic acids is 2. The van der Waals surface area contributed by atoms with E-state index in [2.05, 4.69) is 9.47 Å². The Morgan fingerprint density at radius 3 is 2.37 bits per heavy atom. The first-order chi connectivity index (χ1) is 8.67. The number of carbonyl (C=O) groups is 2. The molecule has 0 aromatic rings. The van der Waals surface area contributed by atoms with E-state index < -0.39 is 33.2 Å². The van der Waals surface area contributed by atoms with Gasteiger partial charge in [-0.25, -0.2) is 0 Å². The van der Waals surface area contributed by atoms with E-state index in [0.717, 1.165) is 20.3 Å². The van der Waals surface area contributed by atoms with Gasteiger partial charge in [-0.2, -0.15) is 0 Å². The van der Waals surface area contributed by atoms with Gasteiger partial charge >= 0.3 is 128 Å². The average molecular weight is 298 g/mol. The summed E-state index contributed by atoms with van der Waals surface area (Å²) in [5.74, 6) is -1.89. The van der Waals surface area contributed by atoms with Crippen LogP contribution in [0, 0.1) is 0 Å². The molecule has 0 fully saturated rings. The topological polar surface area (TPSA) is 107 Å². The van der Waals surface area contributed by atoms with E-state index in [0.29, 0.717) is 30.8 Å². The van der Waals surface area contributed by atoms with Crippen LogP contribution in [0.15, 0.2) is 20.5 Å². The van der Waals surface area contributed by atoms with Crippen LogP contribution in [0.2, 0.25) is 0 Å². The maximum absolute atomic E-state index is 11.8. The standard InChI is InChI=1S/C10H11O7S.Na/c1-16-8(11)7-4-3-5-10(6-7,9(12)17-2)18(13,14)15;/h4-5H,6H2,1-2H3,(H,13,14,15);. The Bertz CT molecular complexity index is 575. The van der Waals surface area contributed by atoms with Crippen molar-refractivity contribution in [3.63, 3.8) is 0 Å². The van der Waals surface area contributed by atoms with Crippen LogP contribution >= 0.6 is 0 Å². The Hall–Kier alpha value is -0.670. The molecule has 1 aliphatic carbocycles.